The molecule has 6 atom stereocenters. The fraction of sp³-hybridized carbons (Fsp3) is 0.825. The van der Waals surface area contributed by atoms with Crippen LogP contribution in [0.15, 0.2) is 18.3 Å². The summed E-state index contributed by atoms with van der Waals surface area (Å²) in [6, 6.07) is 6.30. The third-order valence-electron chi connectivity index (χ3n) is 10.8. The number of aromatic nitrogens is 1. The normalized spacial score (nSPS) is 29.0. The molecule has 1 aromatic heterocycles. The zero-order valence-corrected chi connectivity index (χ0v) is 33.0. The molecule has 7 nitrogen and oxygen atoms in total. The summed E-state index contributed by atoms with van der Waals surface area (Å²) in [5, 5.41) is 6.51. The molecule has 1 aromatic rings. The molecule has 4 fully saturated rings. The molecule has 48 heavy (non-hydrogen) atoms. The molecule has 2 N–H and O–H groups in total. The number of halogens is 1. The van der Waals surface area contributed by atoms with Gasteiger partial charge in [-0.1, -0.05) is 55.4 Å². The second-order valence-corrected chi connectivity index (χ2v) is 14.2. The summed E-state index contributed by atoms with van der Waals surface area (Å²) < 4.78 is 7.61. The van der Waals surface area contributed by atoms with E-state index in [4.69, 9.17) is 4.74 Å². The Kier molecular flexibility index (Phi) is 23.0. The second-order valence-electron chi connectivity index (χ2n) is 14.2. The fourth-order valence-electron chi connectivity index (χ4n) is 7.63. The standard InChI is InChI=1S/C11H18N.C10H19NO2.C10H19N.C9H17NO.ClH/c1-4-6-11-8-7-10(5-2)9-12(11)3;1-3-5-11-9-7-13-6-8(4-2)10(9)12;1-3-9-5-8-6-10(4-2)11(9)7-8;1-3-7-5-10-6-8(4-2)9(7)11;/h7-9H,4-6H2,1-3H3;8-9,11H,3-7H2,1-2H3;8-10H,3-7H2,1-2H3;7-8,10H,3-6H2,1-2H3;1H/q+1;;;;/p-1. The molecule has 6 unspecified atom stereocenters. The van der Waals surface area contributed by atoms with Crippen LogP contribution in [0.3, 0.4) is 0 Å². The number of aryl methyl sites for hydroxylation is 3. The van der Waals surface area contributed by atoms with Crippen molar-refractivity contribution in [1.82, 2.24) is 15.5 Å². The van der Waals surface area contributed by atoms with E-state index in [0.717, 1.165) is 69.7 Å². The average molecular weight is 694 g/mol. The van der Waals surface area contributed by atoms with Gasteiger partial charge in [0.25, 0.3) is 0 Å². The molecule has 0 saturated carbocycles. The molecule has 0 aromatic carbocycles. The molecule has 5 heterocycles. The van der Waals surface area contributed by atoms with Crippen molar-refractivity contribution in [3.8, 4) is 0 Å². The Morgan fingerprint density at radius 2 is 1.42 bits per heavy atom. The van der Waals surface area contributed by atoms with Gasteiger partial charge in [-0.15, -0.1) is 0 Å². The van der Waals surface area contributed by atoms with Crippen molar-refractivity contribution in [2.24, 2.45) is 30.7 Å². The van der Waals surface area contributed by atoms with Crippen LogP contribution in [0.4, 0.5) is 0 Å². The van der Waals surface area contributed by atoms with E-state index in [-0.39, 0.29) is 36.2 Å². The van der Waals surface area contributed by atoms with Gasteiger partial charge in [0.15, 0.2) is 17.7 Å². The largest absolute Gasteiger partial charge is 1.00 e. The number of hydrogen-bond donors (Lipinski definition) is 2. The molecule has 4 saturated heterocycles. The van der Waals surface area contributed by atoms with Gasteiger partial charge in [0.2, 0.25) is 0 Å². The molecular weight excluding hydrogens is 620 g/mol. The number of nitrogens with zero attached hydrogens (tertiary/aromatic N) is 2. The lowest BCUT2D eigenvalue weighted by Crippen LogP contribution is -3.00. The van der Waals surface area contributed by atoms with E-state index in [0.29, 0.717) is 24.8 Å². The maximum absolute atomic E-state index is 11.7. The van der Waals surface area contributed by atoms with Gasteiger partial charge in [0.1, 0.15) is 12.8 Å². The SMILES string of the molecule is CCC1CC2CC(CC)N1C2.CCC1CNCC(CC)C1=O.CCCNC1COCC(CC)C1=O.CCCc1ccc(CC)c[n+]1C.[Cl-]. The molecule has 4 aliphatic heterocycles. The minimum Gasteiger partial charge on any atom is -1.00 e. The maximum Gasteiger partial charge on any atom is 0.181 e. The number of carbonyl (C=O) groups is 2. The zero-order valence-electron chi connectivity index (χ0n) is 32.3. The number of rotatable bonds is 11. The lowest BCUT2D eigenvalue weighted by molar-refractivity contribution is -0.679. The summed E-state index contributed by atoms with van der Waals surface area (Å²) >= 11 is 0. The van der Waals surface area contributed by atoms with Crippen molar-refractivity contribution < 1.29 is 31.3 Å². The third kappa shape index (κ3) is 13.7. The van der Waals surface area contributed by atoms with Crippen LogP contribution >= 0.6 is 0 Å². The highest BCUT2D eigenvalue weighted by Crippen LogP contribution is 2.39. The van der Waals surface area contributed by atoms with Gasteiger partial charge >= 0.3 is 0 Å². The number of carbonyl (C=O) groups excluding carboxylic acids is 2. The summed E-state index contributed by atoms with van der Waals surface area (Å²) in [6.45, 7) is 22.6. The zero-order chi connectivity index (χ0) is 34.8. The first-order chi connectivity index (χ1) is 22.7. The summed E-state index contributed by atoms with van der Waals surface area (Å²) in [7, 11) is 2.13. The first-order valence-corrected chi connectivity index (χ1v) is 19.5. The number of hydrogen-bond acceptors (Lipinski definition) is 6. The van der Waals surface area contributed by atoms with E-state index >= 15 is 0 Å². The summed E-state index contributed by atoms with van der Waals surface area (Å²) in [5.74, 6) is 2.56. The highest BCUT2D eigenvalue weighted by Gasteiger charge is 2.41. The van der Waals surface area contributed by atoms with Crippen LogP contribution in [0.1, 0.15) is 124 Å². The van der Waals surface area contributed by atoms with Gasteiger partial charge < -0.3 is 27.8 Å². The maximum atomic E-state index is 11.7. The van der Waals surface area contributed by atoms with Crippen molar-refractivity contribution in [3.63, 3.8) is 0 Å². The molecule has 278 valence electrons. The van der Waals surface area contributed by atoms with Crippen molar-refractivity contribution in [2.45, 2.75) is 144 Å². The van der Waals surface area contributed by atoms with Crippen LogP contribution < -0.4 is 27.6 Å². The number of pyridine rings is 1. The summed E-state index contributed by atoms with van der Waals surface area (Å²) in [6.07, 6.45) is 15.4. The smallest absolute Gasteiger partial charge is 0.181 e. The summed E-state index contributed by atoms with van der Waals surface area (Å²) in [4.78, 5) is 26.0. The van der Waals surface area contributed by atoms with Crippen LogP contribution in [0, 0.1) is 23.7 Å². The Morgan fingerprint density at radius 3 is 1.88 bits per heavy atom. The van der Waals surface area contributed by atoms with Gasteiger partial charge in [-0.25, -0.2) is 4.57 Å². The average Bonchev–Trinajstić information content (AvgIpc) is 3.71. The minimum absolute atomic E-state index is 0. The molecule has 5 rings (SSSR count). The molecule has 0 aliphatic carbocycles. The van der Waals surface area contributed by atoms with Crippen molar-refractivity contribution in [2.75, 3.05) is 39.4 Å². The molecule has 0 amide bonds. The third-order valence-corrected chi connectivity index (χ3v) is 10.8. The second kappa shape index (κ2) is 24.7. The van der Waals surface area contributed by atoms with E-state index in [1.165, 1.54) is 56.3 Å². The van der Waals surface area contributed by atoms with E-state index in [1.54, 1.807) is 0 Å². The number of Topliss-reactive ketones (excluding diaryl/α,β-unsaturated/α-hetero) is 2. The van der Waals surface area contributed by atoms with Crippen LogP contribution in [0.25, 0.3) is 0 Å². The Bertz CT molecular complexity index is 1010. The number of piperidine rings is 2. The van der Waals surface area contributed by atoms with Crippen LogP contribution in [0.2, 0.25) is 0 Å². The first kappa shape index (κ1) is 44.6. The fourth-order valence-corrected chi connectivity index (χ4v) is 7.63. The highest BCUT2D eigenvalue weighted by molar-refractivity contribution is 5.87. The van der Waals surface area contributed by atoms with Crippen LogP contribution in [-0.4, -0.2) is 74.0 Å². The van der Waals surface area contributed by atoms with Gasteiger partial charge in [0, 0.05) is 67.5 Å². The molecular formula is C40H73ClN4O3. The molecule has 4 aliphatic rings. The van der Waals surface area contributed by atoms with Crippen molar-refractivity contribution in [1.29, 1.82) is 0 Å². The van der Waals surface area contributed by atoms with Crippen molar-refractivity contribution >= 4 is 11.6 Å². The lowest BCUT2D eigenvalue weighted by atomic mass is 9.86. The van der Waals surface area contributed by atoms with E-state index < -0.39 is 0 Å². The van der Waals surface area contributed by atoms with Gasteiger partial charge in [0.05, 0.1) is 19.3 Å². The minimum atomic E-state index is -0.0568. The van der Waals surface area contributed by atoms with Gasteiger partial charge in [-0.2, -0.15) is 0 Å². The number of nitrogens with one attached hydrogen (secondary N) is 2. The number of fused-ring (bicyclic) bond motifs is 2. The van der Waals surface area contributed by atoms with Gasteiger partial charge in [-0.05, 0) is 82.7 Å². The van der Waals surface area contributed by atoms with Crippen LogP contribution in [-0.2, 0) is 34.2 Å². The Morgan fingerprint density at radius 1 is 0.812 bits per heavy atom. The number of ketones is 2. The Hall–Kier alpha value is -1.38. The molecule has 0 radical (unpaired) electrons. The molecule has 8 heteroatoms. The van der Waals surface area contributed by atoms with E-state index in [9.17, 15) is 9.59 Å². The topological polar surface area (TPSA) is 74.6 Å². The predicted molar refractivity (Wildman–Crippen MR) is 196 cm³/mol. The Labute approximate surface area is 301 Å². The quantitative estimate of drug-likeness (QED) is 0.346. The monoisotopic (exact) mass is 693 g/mol. The Balaban J connectivity index is 0.000000318. The van der Waals surface area contributed by atoms with Gasteiger partial charge in [-0.3, -0.25) is 14.5 Å². The molecule has 0 spiro atoms. The lowest BCUT2D eigenvalue weighted by Gasteiger charge is -2.31. The predicted octanol–water partition coefficient (Wildman–Crippen LogP) is 3.49. The summed E-state index contributed by atoms with van der Waals surface area (Å²) in [5.41, 5.74) is 2.84. The van der Waals surface area contributed by atoms with E-state index in [1.807, 2.05) is 6.92 Å². The van der Waals surface area contributed by atoms with E-state index in [2.05, 4.69) is 93.9 Å². The highest BCUT2D eigenvalue weighted by atomic mass is 35.5. The van der Waals surface area contributed by atoms with Crippen LogP contribution in [0.5, 0.6) is 0 Å². The number of ether oxygens (including phenoxy) is 1. The first-order valence-electron chi connectivity index (χ1n) is 19.5. The molecule has 2 bridgehead atoms. The van der Waals surface area contributed by atoms with Crippen molar-refractivity contribution in [3.05, 3.63) is 29.6 Å².